The highest BCUT2D eigenvalue weighted by Crippen LogP contribution is 2.37. The lowest BCUT2D eigenvalue weighted by molar-refractivity contribution is -0.121. The van der Waals surface area contributed by atoms with Crippen molar-refractivity contribution in [1.82, 2.24) is 5.32 Å². The third-order valence-corrected chi connectivity index (χ3v) is 6.40. The Hall–Kier alpha value is -3.41. The van der Waals surface area contributed by atoms with Crippen LogP contribution in [0.4, 0.5) is 4.39 Å². The molecular weight excluding hydrogens is 433 g/mol. The van der Waals surface area contributed by atoms with E-state index in [0.29, 0.717) is 30.5 Å². The fourth-order valence-corrected chi connectivity index (χ4v) is 4.39. The van der Waals surface area contributed by atoms with Crippen LogP contribution in [-0.4, -0.2) is 12.5 Å². The molecule has 1 N–H and O–H groups in total. The van der Waals surface area contributed by atoms with Crippen molar-refractivity contribution in [3.8, 4) is 0 Å². The van der Waals surface area contributed by atoms with E-state index in [2.05, 4.69) is 26.1 Å². The van der Waals surface area contributed by atoms with Crippen LogP contribution in [0.1, 0.15) is 55.0 Å². The monoisotopic (exact) mass is 463 g/mol. The smallest absolute Gasteiger partial charge is 0.339 e. The van der Waals surface area contributed by atoms with Gasteiger partial charge in [-0.15, -0.1) is 0 Å². The van der Waals surface area contributed by atoms with Gasteiger partial charge in [-0.25, -0.2) is 9.18 Å². The molecule has 0 bridgehead atoms. The second-order valence-electron chi connectivity index (χ2n) is 9.87. The molecule has 0 aliphatic carbocycles. The van der Waals surface area contributed by atoms with E-state index < -0.39 is 5.63 Å². The molecule has 0 spiro atoms. The van der Waals surface area contributed by atoms with Crippen molar-refractivity contribution in [2.24, 2.45) is 0 Å². The highest BCUT2D eigenvalue weighted by atomic mass is 19.1. The Morgan fingerprint density at radius 3 is 2.38 bits per heavy atom. The van der Waals surface area contributed by atoms with E-state index in [1.807, 2.05) is 19.9 Å². The van der Waals surface area contributed by atoms with E-state index in [4.69, 9.17) is 8.83 Å². The van der Waals surface area contributed by atoms with Gasteiger partial charge in [0, 0.05) is 40.4 Å². The zero-order valence-corrected chi connectivity index (χ0v) is 20.3. The van der Waals surface area contributed by atoms with Crippen molar-refractivity contribution in [2.75, 3.05) is 6.54 Å². The molecule has 34 heavy (non-hydrogen) atoms. The number of aryl methyl sites for hydroxylation is 2. The topological polar surface area (TPSA) is 72.5 Å². The third kappa shape index (κ3) is 4.63. The molecule has 2 aromatic carbocycles. The molecule has 0 saturated heterocycles. The molecule has 6 heteroatoms. The van der Waals surface area contributed by atoms with E-state index in [1.54, 1.807) is 18.4 Å². The summed E-state index contributed by atoms with van der Waals surface area (Å²) >= 11 is 0. The minimum atomic E-state index is -0.422. The van der Waals surface area contributed by atoms with Crippen molar-refractivity contribution in [1.29, 1.82) is 0 Å². The molecule has 0 fully saturated rings. The van der Waals surface area contributed by atoms with Crippen LogP contribution >= 0.6 is 0 Å². The largest absolute Gasteiger partial charge is 0.464 e. The van der Waals surface area contributed by atoms with Crippen molar-refractivity contribution in [3.05, 3.63) is 80.6 Å². The number of hydrogen-bond acceptors (Lipinski definition) is 4. The Balaban J connectivity index is 1.54. The zero-order valence-electron chi connectivity index (χ0n) is 20.3. The van der Waals surface area contributed by atoms with Crippen LogP contribution in [-0.2, 0) is 23.1 Å². The molecule has 2 aromatic heterocycles. The number of nitrogens with one attached hydrogen (secondary N) is 1. The van der Waals surface area contributed by atoms with Gasteiger partial charge in [0.1, 0.15) is 17.0 Å². The number of carbonyl (C=O) groups excluding carboxylic acids is 1. The number of hydrogen-bond donors (Lipinski definition) is 1. The number of halogens is 1. The van der Waals surface area contributed by atoms with Gasteiger partial charge < -0.3 is 14.2 Å². The van der Waals surface area contributed by atoms with Gasteiger partial charge in [0.05, 0.1) is 6.26 Å². The molecule has 0 saturated carbocycles. The number of amides is 1. The first kappa shape index (κ1) is 23.7. The Bertz CT molecular complexity index is 1420. The van der Waals surface area contributed by atoms with E-state index in [9.17, 15) is 14.0 Å². The van der Waals surface area contributed by atoms with Gasteiger partial charge in [-0.2, -0.15) is 0 Å². The number of carbonyl (C=O) groups is 1. The molecule has 0 atom stereocenters. The van der Waals surface area contributed by atoms with Gasteiger partial charge in [-0.3, -0.25) is 4.79 Å². The average molecular weight is 464 g/mol. The molecule has 0 unspecified atom stereocenters. The lowest BCUT2D eigenvalue weighted by Crippen LogP contribution is -2.26. The summed E-state index contributed by atoms with van der Waals surface area (Å²) in [4.78, 5) is 25.2. The van der Waals surface area contributed by atoms with Gasteiger partial charge in [-0.1, -0.05) is 32.9 Å². The predicted octanol–water partition coefficient (Wildman–Crippen LogP) is 5.88. The molecule has 1 amide bonds. The standard InChI is InChI=1S/C28H30FNO4/c1-16-20(10-11-24(31)30-13-12-18-6-8-19(29)9-7-18)27(32)34-26-17(2)25-22(14-21(16)26)23(15-33-25)28(3,4)5/h6-9,14-15H,10-13H2,1-5H3,(H,30,31). The maximum atomic E-state index is 13.0. The summed E-state index contributed by atoms with van der Waals surface area (Å²) in [6.07, 6.45) is 2.86. The molecule has 0 aliphatic heterocycles. The molecule has 178 valence electrons. The van der Waals surface area contributed by atoms with Crippen LogP contribution in [0, 0.1) is 19.7 Å². The van der Waals surface area contributed by atoms with E-state index in [-0.39, 0.29) is 23.6 Å². The fraction of sp³-hybridized carbons (Fsp3) is 0.357. The Morgan fingerprint density at radius 1 is 1.00 bits per heavy atom. The maximum Gasteiger partial charge on any atom is 0.339 e. The summed E-state index contributed by atoms with van der Waals surface area (Å²) in [6.45, 7) is 10.7. The minimum absolute atomic E-state index is 0.0935. The normalized spacial score (nSPS) is 11.9. The van der Waals surface area contributed by atoms with Crippen molar-refractivity contribution < 1.29 is 18.0 Å². The van der Waals surface area contributed by atoms with Gasteiger partial charge in [0.15, 0.2) is 0 Å². The highest BCUT2D eigenvalue weighted by molar-refractivity contribution is 6.00. The fourth-order valence-electron chi connectivity index (χ4n) is 4.39. The molecule has 0 radical (unpaired) electrons. The van der Waals surface area contributed by atoms with E-state index >= 15 is 0 Å². The summed E-state index contributed by atoms with van der Waals surface area (Å²) in [5.41, 5.74) is 4.93. The summed E-state index contributed by atoms with van der Waals surface area (Å²) in [5, 5.41) is 4.75. The maximum absolute atomic E-state index is 13.0. The van der Waals surface area contributed by atoms with E-state index in [0.717, 1.165) is 38.6 Å². The minimum Gasteiger partial charge on any atom is -0.464 e. The Morgan fingerprint density at radius 2 is 1.71 bits per heavy atom. The Labute approximate surface area is 198 Å². The molecule has 4 aromatic rings. The first-order chi connectivity index (χ1) is 16.1. The first-order valence-corrected chi connectivity index (χ1v) is 11.5. The third-order valence-electron chi connectivity index (χ3n) is 6.40. The van der Waals surface area contributed by atoms with Crippen molar-refractivity contribution in [3.63, 3.8) is 0 Å². The quantitative estimate of drug-likeness (QED) is 0.362. The van der Waals surface area contributed by atoms with Crippen LogP contribution in [0.2, 0.25) is 0 Å². The number of fused-ring (bicyclic) bond motifs is 2. The second kappa shape index (κ2) is 9.09. The summed E-state index contributed by atoms with van der Waals surface area (Å²) < 4.78 is 24.6. The average Bonchev–Trinajstić information content (AvgIpc) is 3.21. The number of furan rings is 1. The lowest BCUT2D eigenvalue weighted by atomic mass is 9.86. The van der Waals surface area contributed by atoms with Gasteiger partial charge in [0.25, 0.3) is 0 Å². The predicted molar refractivity (Wildman–Crippen MR) is 132 cm³/mol. The summed E-state index contributed by atoms with van der Waals surface area (Å²) in [6, 6.07) is 8.25. The number of rotatable bonds is 6. The van der Waals surface area contributed by atoms with Crippen molar-refractivity contribution >= 4 is 27.8 Å². The number of benzene rings is 2. The molecular formula is C28H30FNO4. The lowest BCUT2D eigenvalue weighted by Gasteiger charge is -2.17. The Kier molecular flexibility index (Phi) is 6.34. The summed E-state index contributed by atoms with van der Waals surface area (Å²) in [7, 11) is 0. The molecule has 2 heterocycles. The van der Waals surface area contributed by atoms with Crippen LogP contribution in [0.15, 0.2) is 50.2 Å². The van der Waals surface area contributed by atoms with Gasteiger partial charge in [0.2, 0.25) is 5.91 Å². The van der Waals surface area contributed by atoms with Crippen LogP contribution in [0.3, 0.4) is 0 Å². The molecule has 4 rings (SSSR count). The van der Waals surface area contributed by atoms with Gasteiger partial charge >= 0.3 is 5.63 Å². The first-order valence-electron chi connectivity index (χ1n) is 11.5. The summed E-state index contributed by atoms with van der Waals surface area (Å²) in [5.74, 6) is -0.423. The highest BCUT2D eigenvalue weighted by Gasteiger charge is 2.23. The van der Waals surface area contributed by atoms with Gasteiger partial charge in [-0.05, 0) is 61.4 Å². The SMILES string of the molecule is Cc1c(CCC(=O)NCCc2ccc(F)cc2)c(=O)oc2c(C)c3occ(C(C)(C)C)c3cc12. The second-order valence-corrected chi connectivity index (χ2v) is 9.87. The van der Waals surface area contributed by atoms with Crippen LogP contribution in [0.5, 0.6) is 0 Å². The molecule has 0 aliphatic rings. The zero-order chi connectivity index (χ0) is 24.6. The van der Waals surface area contributed by atoms with Crippen molar-refractivity contribution in [2.45, 2.75) is 59.3 Å². The van der Waals surface area contributed by atoms with Crippen LogP contribution < -0.4 is 10.9 Å². The van der Waals surface area contributed by atoms with E-state index in [1.165, 1.54) is 12.1 Å². The molecule has 5 nitrogen and oxygen atoms in total. The van der Waals surface area contributed by atoms with Crippen LogP contribution in [0.25, 0.3) is 21.9 Å².